The molecule has 2 aromatic rings. The molecular weight excluding hydrogens is 446 g/mol. The largest absolute Gasteiger partial charge is 0.496 e. The molecule has 0 radical (unpaired) electrons. The first-order chi connectivity index (χ1) is 13.8. The first-order valence-electron chi connectivity index (χ1n) is 8.38. The second kappa shape index (κ2) is 10.4. The van der Waals surface area contributed by atoms with Crippen LogP contribution in [0.3, 0.4) is 0 Å². The van der Waals surface area contributed by atoms with Crippen molar-refractivity contribution in [3.8, 4) is 5.75 Å². The Hall–Kier alpha value is -3.20. The number of rotatable bonds is 8. The van der Waals surface area contributed by atoms with Crippen LogP contribution >= 0.6 is 15.9 Å². The molecule has 0 aliphatic carbocycles. The second-order valence-corrected chi connectivity index (χ2v) is 6.70. The van der Waals surface area contributed by atoms with Gasteiger partial charge in [0.2, 0.25) is 12.3 Å². The number of hydrogen-bond donors (Lipinski definition) is 0. The Bertz CT molecular complexity index is 925. The summed E-state index contributed by atoms with van der Waals surface area (Å²) in [4.78, 5) is 35.3. The van der Waals surface area contributed by atoms with Crippen molar-refractivity contribution in [1.82, 2.24) is 0 Å². The molecule has 0 bridgehead atoms. The van der Waals surface area contributed by atoms with Gasteiger partial charge in [-0.25, -0.2) is 9.59 Å². The Morgan fingerprint density at radius 2 is 1.79 bits per heavy atom. The van der Waals surface area contributed by atoms with E-state index in [1.165, 1.54) is 19.3 Å². The van der Waals surface area contributed by atoms with Crippen molar-refractivity contribution in [3.63, 3.8) is 0 Å². The van der Waals surface area contributed by atoms with Crippen LogP contribution in [0.5, 0.6) is 5.75 Å². The highest BCUT2D eigenvalue weighted by Gasteiger charge is 2.24. The summed E-state index contributed by atoms with van der Waals surface area (Å²) in [6.07, 6.45) is 1.21. The van der Waals surface area contributed by atoms with Crippen LogP contribution in [-0.4, -0.2) is 37.6 Å². The number of hydrogen-bond acceptors (Lipinski definition) is 7. The van der Waals surface area contributed by atoms with Gasteiger partial charge in [-0.1, -0.05) is 40.2 Å². The van der Waals surface area contributed by atoms with Crippen molar-refractivity contribution in [2.24, 2.45) is 0 Å². The Morgan fingerprint density at radius 3 is 2.38 bits per heavy atom. The molecule has 29 heavy (non-hydrogen) atoms. The number of ether oxygens (including phenoxy) is 3. The van der Waals surface area contributed by atoms with Crippen molar-refractivity contribution in [3.05, 3.63) is 86.1 Å². The Kier molecular flexibility index (Phi) is 7.90. The fourth-order valence-electron chi connectivity index (χ4n) is 2.52. The minimum atomic E-state index is -0.932. The van der Waals surface area contributed by atoms with Crippen LogP contribution in [0.2, 0.25) is 0 Å². The third-order valence-electron chi connectivity index (χ3n) is 3.91. The molecule has 0 heterocycles. The molecule has 9 heteroatoms. The van der Waals surface area contributed by atoms with Crippen LogP contribution in [0.4, 0.5) is 0 Å². The smallest absolute Gasteiger partial charge is 0.373 e. The summed E-state index contributed by atoms with van der Waals surface area (Å²) in [5.41, 5.74) is 0.666. The SMILES string of the molecule is COC(=O)/C(=C/[C@@H](C[N+](=O)[O-])c1ccc(Br)cc1)OC(=O)c1ccccc1OC. The van der Waals surface area contributed by atoms with E-state index in [0.717, 1.165) is 11.6 Å². The average Bonchev–Trinajstić information content (AvgIpc) is 2.72. The van der Waals surface area contributed by atoms with Gasteiger partial charge in [0.25, 0.3) is 0 Å². The van der Waals surface area contributed by atoms with E-state index in [9.17, 15) is 19.7 Å². The molecule has 0 unspecified atom stereocenters. The summed E-state index contributed by atoms with van der Waals surface area (Å²) in [6, 6.07) is 13.1. The van der Waals surface area contributed by atoms with Crippen LogP contribution in [0.25, 0.3) is 0 Å². The minimum absolute atomic E-state index is 0.0965. The quantitative estimate of drug-likeness (QED) is 0.193. The lowest BCUT2D eigenvalue weighted by Crippen LogP contribution is -2.17. The van der Waals surface area contributed by atoms with Crippen LogP contribution in [0.15, 0.2) is 64.8 Å². The lowest BCUT2D eigenvalue weighted by Gasteiger charge is -2.13. The van der Waals surface area contributed by atoms with Crippen LogP contribution < -0.4 is 4.74 Å². The van der Waals surface area contributed by atoms with Crippen molar-refractivity contribution in [2.45, 2.75) is 5.92 Å². The third-order valence-corrected chi connectivity index (χ3v) is 4.44. The molecule has 0 N–H and O–H groups in total. The van der Waals surface area contributed by atoms with Crippen molar-refractivity contribution in [1.29, 1.82) is 0 Å². The number of esters is 2. The number of carbonyl (C=O) groups is 2. The molecule has 0 aromatic heterocycles. The van der Waals surface area contributed by atoms with Gasteiger partial charge in [0.1, 0.15) is 11.3 Å². The van der Waals surface area contributed by atoms with Crippen molar-refractivity contribution in [2.75, 3.05) is 20.8 Å². The van der Waals surface area contributed by atoms with E-state index in [4.69, 9.17) is 9.47 Å². The summed E-state index contributed by atoms with van der Waals surface area (Å²) in [5, 5.41) is 11.1. The van der Waals surface area contributed by atoms with Crippen molar-refractivity contribution < 1.29 is 28.7 Å². The van der Waals surface area contributed by atoms with E-state index in [0.29, 0.717) is 5.56 Å². The lowest BCUT2D eigenvalue weighted by molar-refractivity contribution is -0.481. The summed E-state index contributed by atoms with van der Waals surface area (Å²) in [5.74, 6) is -2.79. The zero-order valence-corrected chi connectivity index (χ0v) is 17.2. The number of benzene rings is 2. The Morgan fingerprint density at radius 1 is 1.14 bits per heavy atom. The molecule has 0 spiro atoms. The van der Waals surface area contributed by atoms with E-state index >= 15 is 0 Å². The summed E-state index contributed by atoms with van der Waals surface area (Å²) in [7, 11) is 2.51. The van der Waals surface area contributed by atoms with E-state index in [1.807, 2.05) is 0 Å². The molecule has 0 amide bonds. The molecule has 0 saturated heterocycles. The molecule has 0 saturated carbocycles. The van der Waals surface area contributed by atoms with Crippen LogP contribution in [-0.2, 0) is 14.3 Å². The van der Waals surface area contributed by atoms with Gasteiger partial charge in [0, 0.05) is 9.40 Å². The number of carbonyl (C=O) groups excluding carboxylic acids is 2. The fraction of sp³-hybridized carbons (Fsp3) is 0.200. The number of para-hydroxylation sites is 1. The number of nitro groups is 1. The number of nitrogens with zero attached hydrogens (tertiary/aromatic N) is 1. The second-order valence-electron chi connectivity index (χ2n) is 5.79. The molecule has 2 rings (SSSR count). The normalized spacial score (nSPS) is 12.0. The third kappa shape index (κ3) is 6.15. The summed E-state index contributed by atoms with van der Waals surface area (Å²) < 4.78 is 15.8. The van der Waals surface area contributed by atoms with Crippen LogP contribution in [0.1, 0.15) is 21.8 Å². The summed E-state index contributed by atoms with van der Waals surface area (Å²) in [6.45, 7) is -0.506. The maximum absolute atomic E-state index is 12.5. The highest BCUT2D eigenvalue weighted by molar-refractivity contribution is 9.10. The molecule has 8 nitrogen and oxygen atoms in total. The van der Waals surface area contributed by atoms with E-state index in [2.05, 4.69) is 20.7 Å². The Balaban J connectivity index is 2.40. The molecule has 2 aromatic carbocycles. The molecular formula is C20H18BrNO7. The van der Waals surface area contributed by atoms with Gasteiger partial charge in [0.15, 0.2) is 0 Å². The maximum Gasteiger partial charge on any atom is 0.373 e. The number of halogens is 1. The zero-order valence-electron chi connectivity index (χ0n) is 15.7. The zero-order chi connectivity index (χ0) is 21.4. The first-order valence-corrected chi connectivity index (χ1v) is 9.17. The van der Waals surface area contributed by atoms with Gasteiger partial charge in [-0.2, -0.15) is 0 Å². The fourth-order valence-corrected chi connectivity index (χ4v) is 2.78. The summed E-state index contributed by atoms with van der Waals surface area (Å²) >= 11 is 3.30. The maximum atomic E-state index is 12.5. The molecule has 1 atom stereocenters. The van der Waals surface area contributed by atoms with Gasteiger partial charge in [0.05, 0.1) is 20.1 Å². The van der Waals surface area contributed by atoms with Crippen molar-refractivity contribution >= 4 is 27.9 Å². The standard InChI is InChI=1S/C20H18BrNO7/c1-27-17-6-4-3-5-16(17)19(23)29-18(20(24)28-2)11-14(12-22(25)26)13-7-9-15(21)10-8-13/h3-11,14H,12H2,1-2H3/b18-11-/t14-/m0/s1. The van der Waals surface area contributed by atoms with E-state index < -0.39 is 35.1 Å². The van der Waals surface area contributed by atoms with Gasteiger partial charge < -0.3 is 14.2 Å². The molecule has 0 aliphatic heterocycles. The molecule has 0 fully saturated rings. The molecule has 0 aliphatic rings. The van der Waals surface area contributed by atoms with Gasteiger partial charge in [-0.05, 0) is 35.9 Å². The minimum Gasteiger partial charge on any atom is -0.496 e. The monoisotopic (exact) mass is 463 g/mol. The van der Waals surface area contributed by atoms with Gasteiger partial charge >= 0.3 is 11.9 Å². The van der Waals surface area contributed by atoms with Gasteiger partial charge in [-0.15, -0.1) is 0 Å². The Labute approximate surface area is 175 Å². The number of methoxy groups -OCH3 is 2. The predicted molar refractivity (Wildman–Crippen MR) is 107 cm³/mol. The van der Waals surface area contributed by atoms with Gasteiger partial charge in [-0.3, -0.25) is 10.1 Å². The highest BCUT2D eigenvalue weighted by Crippen LogP contribution is 2.24. The molecule has 152 valence electrons. The average molecular weight is 464 g/mol. The highest BCUT2D eigenvalue weighted by atomic mass is 79.9. The lowest BCUT2D eigenvalue weighted by atomic mass is 9.98. The van der Waals surface area contributed by atoms with Crippen LogP contribution in [0, 0.1) is 10.1 Å². The van der Waals surface area contributed by atoms with E-state index in [1.54, 1.807) is 42.5 Å². The predicted octanol–water partition coefficient (Wildman–Crippen LogP) is 3.73. The topological polar surface area (TPSA) is 105 Å². The van der Waals surface area contributed by atoms with E-state index in [-0.39, 0.29) is 11.3 Å². The first kappa shape index (κ1) is 22.1.